The van der Waals surface area contributed by atoms with Crippen LogP contribution in [0.5, 0.6) is 0 Å². The molecule has 5 nitrogen and oxygen atoms in total. The zero-order chi connectivity index (χ0) is 18.3. The van der Waals surface area contributed by atoms with E-state index in [2.05, 4.69) is 11.1 Å². The monoisotopic (exact) mass is 367 g/mol. The number of aromatic amines is 1. The number of halogens is 1. The molecule has 0 radical (unpaired) electrons. The second kappa shape index (κ2) is 6.59. The Kier molecular flexibility index (Phi) is 4.26. The fourth-order valence-corrected chi connectivity index (χ4v) is 3.84. The van der Waals surface area contributed by atoms with E-state index in [1.807, 2.05) is 23.1 Å². The number of pyridine rings is 1. The van der Waals surface area contributed by atoms with E-state index in [1.165, 1.54) is 5.56 Å². The van der Waals surface area contributed by atoms with E-state index in [1.54, 1.807) is 24.3 Å². The number of para-hydroxylation sites is 1. The molecule has 0 aliphatic carbocycles. The summed E-state index contributed by atoms with van der Waals surface area (Å²) in [6.07, 6.45) is 0.573. The molecule has 1 atom stereocenters. The van der Waals surface area contributed by atoms with Crippen molar-refractivity contribution < 1.29 is 4.79 Å². The first kappa shape index (κ1) is 16.8. The van der Waals surface area contributed by atoms with Crippen LogP contribution in [0.25, 0.3) is 10.9 Å². The van der Waals surface area contributed by atoms with Gasteiger partial charge in [0.1, 0.15) is 0 Å². The number of nitrogens with two attached hydrogens (primary N) is 1. The second-order valence-electron chi connectivity index (χ2n) is 6.62. The van der Waals surface area contributed by atoms with E-state index in [9.17, 15) is 9.59 Å². The maximum Gasteiger partial charge on any atom is 0.235 e. The molecule has 2 heterocycles. The molecular formula is C20H18ClN3O2. The van der Waals surface area contributed by atoms with Crippen molar-refractivity contribution in [2.24, 2.45) is 5.73 Å². The first-order chi connectivity index (χ1) is 12.5. The normalized spacial score (nSPS) is 17.2. The summed E-state index contributed by atoms with van der Waals surface area (Å²) in [6, 6.07) is 14.4. The molecule has 1 amide bonds. The van der Waals surface area contributed by atoms with Gasteiger partial charge in [0.05, 0.1) is 16.6 Å². The zero-order valence-corrected chi connectivity index (χ0v) is 14.8. The molecule has 3 N–H and O–H groups in total. The van der Waals surface area contributed by atoms with E-state index in [0.717, 1.165) is 5.56 Å². The predicted molar refractivity (Wildman–Crippen MR) is 102 cm³/mol. The number of carbonyl (C=O) groups is 1. The van der Waals surface area contributed by atoms with Crippen molar-refractivity contribution in [2.45, 2.75) is 25.6 Å². The topological polar surface area (TPSA) is 79.2 Å². The highest BCUT2D eigenvalue weighted by molar-refractivity contribution is 6.35. The number of amides is 1. The minimum atomic E-state index is -0.407. The van der Waals surface area contributed by atoms with E-state index in [0.29, 0.717) is 41.1 Å². The van der Waals surface area contributed by atoms with Crippen molar-refractivity contribution in [3.8, 4) is 0 Å². The summed E-state index contributed by atoms with van der Waals surface area (Å²) in [5, 5.41) is 1.05. The number of fused-ring (bicyclic) bond motifs is 2. The Balaban J connectivity index is 1.72. The van der Waals surface area contributed by atoms with Gasteiger partial charge in [0.15, 0.2) is 5.43 Å². The lowest BCUT2D eigenvalue weighted by Gasteiger charge is -2.35. The average Bonchev–Trinajstić information content (AvgIpc) is 2.62. The molecule has 3 aromatic rings. The molecule has 4 rings (SSSR count). The van der Waals surface area contributed by atoms with Crippen LogP contribution in [0.2, 0.25) is 5.02 Å². The molecule has 2 aromatic carbocycles. The van der Waals surface area contributed by atoms with Crippen LogP contribution >= 0.6 is 11.6 Å². The molecule has 0 saturated heterocycles. The van der Waals surface area contributed by atoms with E-state index in [-0.39, 0.29) is 11.3 Å². The third-order valence-electron chi connectivity index (χ3n) is 4.92. The maximum absolute atomic E-state index is 12.4. The number of nitrogens with zero attached hydrogens (tertiary/aromatic N) is 1. The van der Waals surface area contributed by atoms with Crippen LogP contribution in [0.4, 0.5) is 0 Å². The van der Waals surface area contributed by atoms with Crippen LogP contribution < -0.4 is 11.2 Å². The Morgan fingerprint density at radius 3 is 2.73 bits per heavy atom. The number of rotatable bonds is 3. The fourth-order valence-electron chi connectivity index (χ4n) is 3.62. The van der Waals surface area contributed by atoms with Gasteiger partial charge in [-0.1, -0.05) is 41.9 Å². The van der Waals surface area contributed by atoms with Gasteiger partial charge in [-0.3, -0.25) is 14.5 Å². The molecule has 26 heavy (non-hydrogen) atoms. The summed E-state index contributed by atoms with van der Waals surface area (Å²) in [6.45, 7) is 1.02. The predicted octanol–water partition coefficient (Wildman–Crippen LogP) is 2.59. The Morgan fingerprint density at radius 2 is 1.96 bits per heavy atom. The van der Waals surface area contributed by atoms with Crippen molar-refractivity contribution in [1.82, 2.24) is 9.88 Å². The van der Waals surface area contributed by atoms with Crippen molar-refractivity contribution in [2.75, 3.05) is 0 Å². The number of carbonyl (C=O) groups excluding carboxylic acids is 1. The van der Waals surface area contributed by atoms with Crippen molar-refractivity contribution in [3.63, 3.8) is 0 Å². The number of hydrogen-bond acceptors (Lipinski definition) is 3. The zero-order valence-electron chi connectivity index (χ0n) is 14.0. The number of nitrogens with one attached hydrogen (secondary N) is 1. The van der Waals surface area contributed by atoms with Crippen molar-refractivity contribution in [1.29, 1.82) is 0 Å². The molecule has 0 unspecified atom stereocenters. The lowest BCUT2D eigenvalue weighted by molar-refractivity contribution is -0.124. The van der Waals surface area contributed by atoms with Crippen molar-refractivity contribution in [3.05, 3.63) is 80.6 Å². The number of primary amides is 1. The molecule has 1 aromatic heterocycles. The van der Waals surface area contributed by atoms with Gasteiger partial charge >= 0.3 is 0 Å². The first-order valence-corrected chi connectivity index (χ1v) is 8.81. The van der Waals surface area contributed by atoms with Gasteiger partial charge < -0.3 is 10.7 Å². The highest BCUT2D eigenvalue weighted by atomic mass is 35.5. The maximum atomic E-state index is 12.4. The fraction of sp³-hybridized carbons (Fsp3) is 0.200. The van der Waals surface area contributed by atoms with E-state index < -0.39 is 6.04 Å². The molecule has 0 spiro atoms. The van der Waals surface area contributed by atoms with Gasteiger partial charge in [0.25, 0.3) is 0 Å². The Morgan fingerprint density at radius 1 is 1.19 bits per heavy atom. The van der Waals surface area contributed by atoms with Crippen LogP contribution in [0.3, 0.4) is 0 Å². The quantitative estimate of drug-likeness (QED) is 0.746. The lowest BCUT2D eigenvalue weighted by Crippen LogP contribution is -2.48. The van der Waals surface area contributed by atoms with E-state index in [4.69, 9.17) is 17.3 Å². The van der Waals surface area contributed by atoms with Gasteiger partial charge in [-0.2, -0.15) is 0 Å². The molecule has 0 fully saturated rings. The molecule has 132 valence electrons. The molecule has 1 aliphatic rings. The largest absolute Gasteiger partial charge is 0.368 e. The summed E-state index contributed by atoms with van der Waals surface area (Å²) >= 11 is 6.23. The smallest absolute Gasteiger partial charge is 0.235 e. The third kappa shape index (κ3) is 3.00. The molecule has 0 bridgehead atoms. The Labute approximate surface area is 155 Å². The molecule has 6 heteroatoms. The number of hydrogen-bond donors (Lipinski definition) is 2. The highest BCUT2D eigenvalue weighted by Gasteiger charge is 2.30. The van der Waals surface area contributed by atoms with Gasteiger partial charge in [-0.25, -0.2) is 0 Å². The summed E-state index contributed by atoms with van der Waals surface area (Å²) in [5.74, 6) is -0.360. The SMILES string of the molecule is NC(=O)[C@@H]1Cc2ccccc2CN1Cc1cc(=O)c2cccc(Cl)c2[nH]1. The summed E-state index contributed by atoms with van der Waals surface area (Å²) in [4.78, 5) is 29.6. The average molecular weight is 368 g/mol. The van der Waals surface area contributed by atoms with Crippen LogP contribution in [0.1, 0.15) is 16.8 Å². The summed E-state index contributed by atoms with van der Waals surface area (Å²) in [5.41, 5.74) is 9.18. The van der Waals surface area contributed by atoms with Gasteiger partial charge in [-0.15, -0.1) is 0 Å². The Bertz CT molecular complexity index is 1060. The number of H-pyrrole nitrogens is 1. The lowest BCUT2D eigenvalue weighted by atomic mass is 9.93. The van der Waals surface area contributed by atoms with Crippen molar-refractivity contribution >= 4 is 28.4 Å². The van der Waals surface area contributed by atoms with Gasteiger partial charge in [0.2, 0.25) is 5.91 Å². The van der Waals surface area contributed by atoms with Crippen LogP contribution in [-0.4, -0.2) is 21.8 Å². The first-order valence-electron chi connectivity index (χ1n) is 8.43. The van der Waals surface area contributed by atoms with Crippen LogP contribution in [0, 0.1) is 0 Å². The molecule has 1 aliphatic heterocycles. The van der Waals surface area contributed by atoms with Gasteiger partial charge in [0, 0.05) is 30.2 Å². The van der Waals surface area contributed by atoms with Crippen LogP contribution in [0.15, 0.2) is 53.3 Å². The summed E-state index contributed by atoms with van der Waals surface area (Å²) in [7, 11) is 0. The van der Waals surface area contributed by atoms with Gasteiger partial charge in [-0.05, 0) is 29.7 Å². The number of benzene rings is 2. The summed E-state index contributed by atoms with van der Waals surface area (Å²) < 4.78 is 0. The third-order valence-corrected chi connectivity index (χ3v) is 5.23. The standard InChI is InChI=1S/C20H18ClN3O2/c21-16-7-3-6-15-18(25)9-14(23-19(15)16)11-24-10-13-5-2-1-4-12(13)8-17(24)20(22)26/h1-7,9,17H,8,10-11H2,(H2,22,26)(H,23,25)/t17-/m0/s1. The molecular weight excluding hydrogens is 350 g/mol. The van der Waals surface area contributed by atoms with Crippen LogP contribution in [-0.2, 0) is 24.3 Å². The second-order valence-corrected chi connectivity index (χ2v) is 7.02. The Hall–Kier alpha value is -2.63. The molecule has 0 saturated carbocycles. The highest BCUT2D eigenvalue weighted by Crippen LogP contribution is 2.25. The van der Waals surface area contributed by atoms with E-state index >= 15 is 0 Å². The number of aromatic nitrogens is 1. The minimum absolute atomic E-state index is 0.0933. The minimum Gasteiger partial charge on any atom is -0.368 e.